The Balaban J connectivity index is 1.60. The van der Waals surface area contributed by atoms with E-state index < -0.39 is 4.92 Å². The van der Waals surface area contributed by atoms with Crippen LogP contribution in [0.5, 0.6) is 5.75 Å². The van der Waals surface area contributed by atoms with Crippen LogP contribution in [0.4, 0.5) is 11.4 Å². The normalized spacial score (nSPS) is 10.4. The van der Waals surface area contributed by atoms with Gasteiger partial charge in [-0.2, -0.15) is 4.57 Å². The predicted molar refractivity (Wildman–Crippen MR) is 109 cm³/mol. The summed E-state index contributed by atoms with van der Waals surface area (Å²) in [4.78, 5) is 22.6. The quantitative estimate of drug-likeness (QED) is 0.343. The maximum Gasteiger partial charge on any atom is 0.269 e. The number of anilines is 1. The van der Waals surface area contributed by atoms with Crippen molar-refractivity contribution in [3.8, 4) is 5.75 Å². The van der Waals surface area contributed by atoms with E-state index in [1.54, 1.807) is 48.8 Å². The van der Waals surface area contributed by atoms with Gasteiger partial charge in [0.05, 0.1) is 15.0 Å². The molecule has 0 radical (unpaired) electrons. The number of hydrogen-bond donors (Lipinski definition) is 1. The van der Waals surface area contributed by atoms with E-state index in [-0.39, 0.29) is 18.2 Å². The van der Waals surface area contributed by atoms with Crippen molar-refractivity contribution in [3.63, 3.8) is 0 Å². The third kappa shape index (κ3) is 5.91. The molecule has 9 heteroatoms. The molecule has 0 unspecified atom stereocenters. The Morgan fingerprint density at radius 1 is 1.10 bits per heavy atom. The van der Waals surface area contributed by atoms with Crippen LogP contribution in [-0.4, -0.2) is 17.4 Å². The zero-order chi connectivity index (χ0) is 20.8. The number of nitrogens with one attached hydrogen (secondary N) is 1. The fraction of sp³-hybridized carbons (Fsp3) is 0.100. The van der Waals surface area contributed by atoms with Gasteiger partial charge in [0.15, 0.2) is 25.5 Å². The minimum Gasteiger partial charge on any atom is -0.484 e. The lowest BCUT2D eigenvalue weighted by molar-refractivity contribution is -0.687. The molecule has 0 saturated carbocycles. The Hall–Kier alpha value is -3.16. The number of carbonyl (C=O) groups is 1. The number of pyridine rings is 1. The van der Waals surface area contributed by atoms with Crippen LogP contribution in [0.1, 0.15) is 5.56 Å². The molecule has 7 nitrogen and oxygen atoms in total. The number of aromatic nitrogens is 1. The lowest BCUT2D eigenvalue weighted by atomic mass is 10.2. The molecule has 0 aliphatic rings. The molecular formula is C20H16Cl2N3O4+. The number of hydrogen-bond acceptors (Lipinski definition) is 4. The molecule has 3 aromatic rings. The van der Waals surface area contributed by atoms with Gasteiger partial charge < -0.3 is 10.1 Å². The van der Waals surface area contributed by atoms with E-state index in [1.807, 2.05) is 4.57 Å². The first-order chi connectivity index (χ1) is 13.9. The van der Waals surface area contributed by atoms with Gasteiger partial charge in [-0.05, 0) is 18.2 Å². The zero-order valence-electron chi connectivity index (χ0n) is 15.0. The standard InChI is InChI=1S/C20H15Cl2N3O4/c21-18-7-6-17(10-19(18)22)29-13-20(26)23-15-4-2-8-24(12-15)11-14-3-1-5-16(9-14)25(27)28/h1-10,12H,11,13H2/p+1. The van der Waals surface area contributed by atoms with E-state index in [9.17, 15) is 14.9 Å². The molecule has 0 aliphatic heterocycles. The summed E-state index contributed by atoms with van der Waals surface area (Å²) < 4.78 is 7.23. The van der Waals surface area contributed by atoms with Crippen LogP contribution < -0.4 is 14.6 Å². The van der Waals surface area contributed by atoms with Crippen molar-refractivity contribution in [3.05, 3.63) is 92.7 Å². The molecule has 2 aromatic carbocycles. The second kappa shape index (κ2) is 9.36. The molecule has 1 aromatic heterocycles. The van der Waals surface area contributed by atoms with Gasteiger partial charge >= 0.3 is 0 Å². The third-order valence-electron chi connectivity index (χ3n) is 3.89. The molecule has 0 saturated heterocycles. The number of non-ortho nitro benzene ring substituents is 1. The van der Waals surface area contributed by atoms with Crippen LogP contribution in [-0.2, 0) is 11.3 Å². The van der Waals surface area contributed by atoms with Crippen LogP contribution in [0.25, 0.3) is 0 Å². The number of ether oxygens (including phenoxy) is 1. The van der Waals surface area contributed by atoms with Gasteiger partial charge in [0.1, 0.15) is 11.4 Å². The van der Waals surface area contributed by atoms with E-state index in [0.717, 1.165) is 5.56 Å². The fourth-order valence-corrected chi connectivity index (χ4v) is 2.87. The summed E-state index contributed by atoms with van der Waals surface area (Å²) in [6, 6.07) is 14.7. The molecule has 0 fully saturated rings. The number of nitro benzene ring substituents is 1. The van der Waals surface area contributed by atoms with Crippen LogP contribution in [0.15, 0.2) is 67.0 Å². The first-order valence-electron chi connectivity index (χ1n) is 8.51. The number of benzene rings is 2. The smallest absolute Gasteiger partial charge is 0.269 e. The van der Waals surface area contributed by atoms with E-state index in [2.05, 4.69) is 5.32 Å². The molecule has 29 heavy (non-hydrogen) atoms. The van der Waals surface area contributed by atoms with Crippen molar-refractivity contribution >= 4 is 40.5 Å². The van der Waals surface area contributed by atoms with Gasteiger partial charge in [-0.1, -0.05) is 35.3 Å². The summed E-state index contributed by atoms with van der Waals surface area (Å²) in [7, 11) is 0. The highest BCUT2D eigenvalue weighted by Gasteiger charge is 2.11. The molecule has 0 atom stereocenters. The minimum atomic E-state index is -0.432. The first-order valence-corrected chi connectivity index (χ1v) is 9.26. The largest absolute Gasteiger partial charge is 0.484 e. The first kappa shape index (κ1) is 20.6. The van der Waals surface area contributed by atoms with Crippen molar-refractivity contribution in [1.29, 1.82) is 0 Å². The molecule has 1 heterocycles. The maximum atomic E-state index is 12.1. The SMILES string of the molecule is O=C(COc1ccc(Cl)c(Cl)c1)Nc1ccc[n+](Cc2cccc([N+](=O)[O-])c2)c1. The number of nitrogens with zero attached hydrogens (tertiary/aromatic N) is 2. The highest BCUT2D eigenvalue weighted by molar-refractivity contribution is 6.42. The number of amides is 1. The summed E-state index contributed by atoms with van der Waals surface area (Å²) in [6.07, 6.45) is 3.54. The Bertz CT molecular complexity index is 1060. The lowest BCUT2D eigenvalue weighted by Gasteiger charge is -2.08. The molecule has 0 spiro atoms. The number of rotatable bonds is 7. The van der Waals surface area contributed by atoms with E-state index >= 15 is 0 Å². The average Bonchev–Trinajstić information content (AvgIpc) is 2.69. The molecule has 0 bridgehead atoms. The van der Waals surface area contributed by atoms with Gasteiger partial charge in [-0.25, -0.2) is 0 Å². The second-order valence-electron chi connectivity index (χ2n) is 6.10. The Labute approximate surface area is 176 Å². The molecule has 148 valence electrons. The third-order valence-corrected chi connectivity index (χ3v) is 4.63. The highest BCUT2D eigenvalue weighted by Crippen LogP contribution is 2.26. The highest BCUT2D eigenvalue weighted by atomic mass is 35.5. The van der Waals surface area contributed by atoms with Gasteiger partial charge in [0.2, 0.25) is 0 Å². The average molecular weight is 433 g/mol. The van der Waals surface area contributed by atoms with E-state index in [1.165, 1.54) is 18.2 Å². The van der Waals surface area contributed by atoms with Crippen LogP contribution >= 0.6 is 23.2 Å². The van der Waals surface area contributed by atoms with E-state index in [4.69, 9.17) is 27.9 Å². The predicted octanol–water partition coefficient (Wildman–Crippen LogP) is 4.25. The molecule has 0 aliphatic carbocycles. The van der Waals surface area contributed by atoms with Gasteiger partial charge in [-0.3, -0.25) is 14.9 Å². The molecular weight excluding hydrogens is 417 g/mol. The topological polar surface area (TPSA) is 85.3 Å². The van der Waals surface area contributed by atoms with E-state index in [0.29, 0.717) is 28.0 Å². The Kier molecular flexibility index (Phi) is 6.64. The van der Waals surface area contributed by atoms with Crippen molar-refractivity contribution in [2.45, 2.75) is 6.54 Å². The summed E-state index contributed by atoms with van der Waals surface area (Å²) in [6.45, 7) is 0.225. The Morgan fingerprint density at radius 2 is 1.93 bits per heavy atom. The van der Waals surface area contributed by atoms with Crippen molar-refractivity contribution < 1.29 is 19.0 Å². The van der Waals surface area contributed by atoms with Crippen molar-refractivity contribution in [2.75, 3.05) is 11.9 Å². The number of nitro groups is 1. The van der Waals surface area contributed by atoms with Gasteiger partial charge in [-0.15, -0.1) is 0 Å². The second-order valence-corrected chi connectivity index (χ2v) is 6.92. The van der Waals surface area contributed by atoms with Gasteiger partial charge in [0, 0.05) is 29.8 Å². The summed E-state index contributed by atoms with van der Waals surface area (Å²) >= 11 is 11.8. The van der Waals surface area contributed by atoms with Crippen LogP contribution in [0.2, 0.25) is 10.0 Å². The van der Waals surface area contributed by atoms with Gasteiger partial charge in [0.25, 0.3) is 11.6 Å². The lowest BCUT2D eigenvalue weighted by Crippen LogP contribution is -2.34. The fourth-order valence-electron chi connectivity index (χ4n) is 2.59. The summed E-state index contributed by atoms with van der Waals surface area (Å²) in [5.41, 5.74) is 1.38. The number of halogens is 2. The Morgan fingerprint density at radius 3 is 2.69 bits per heavy atom. The van der Waals surface area contributed by atoms with Crippen molar-refractivity contribution in [2.24, 2.45) is 0 Å². The summed E-state index contributed by atoms with van der Waals surface area (Å²) in [5, 5.41) is 14.4. The summed E-state index contributed by atoms with van der Waals surface area (Å²) in [5.74, 6) is 0.0903. The minimum absolute atomic E-state index is 0.0343. The number of carbonyl (C=O) groups excluding carboxylic acids is 1. The van der Waals surface area contributed by atoms with Crippen LogP contribution in [0, 0.1) is 10.1 Å². The van der Waals surface area contributed by atoms with Crippen molar-refractivity contribution in [1.82, 2.24) is 0 Å². The molecule has 1 amide bonds. The monoisotopic (exact) mass is 432 g/mol. The zero-order valence-corrected chi connectivity index (χ0v) is 16.6. The van der Waals surface area contributed by atoms with Crippen LogP contribution in [0.3, 0.4) is 0 Å². The molecule has 1 N–H and O–H groups in total. The molecule has 3 rings (SSSR count). The maximum absolute atomic E-state index is 12.1.